The molecule has 3 N–H and O–H groups in total. The predicted octanol–water partition coefficient (Wildman–Crippen LogP) is 5.62. The zero-order valence-corrected chi connectivity index (χ0v) is 40.3. The molecule has 0 radical (unpaired) electrons. The number of aliphatic hydroxyl groups excluding tert-OH is 2. The number of allylic oxidation sites excluding steroid dienone is 2. The molecular weight excluding hydrogens is 841 g/mol. The molecule has 0 saturated carbocycles. The lowest BCUT2D eigenvalue weighted by Gasteiger charge is -2.51. The zero-order valence-electron chi connectivity index (χ0n) is 40.3. The van der Waals surface area contributed by atoms with Gasteiger partial charge in [0.15, 0.2) is 18.4 Å². The first-order valence-corrected chi connectivity index (χ1v) is 24.2. The molecule has 1 aliphatic carbocycles. The summed E-state index contributed by atoms with van der Waals surface area (Å²) in [7, 11) is 3.22. The molecule has 2 bridgehead atoms. The second kappa shape index (κ2) is 21.7. The van der Waals surface area contributed by atoms with Crippen molar-refractivity contribution < 1.29 is 72.2 Å². The molecule has 65 heavy (non-hydrogen) atoms. The van der Waals surface area contributed by atoms with Crippen LogP contribution in [0.15, 0.2) is 47.1 Å². The van der Waals surface area contributed by atoms with E-state index >= 15 is 0 Å². The molecule has 0 aromatic rings. The summed E-state index contributed by atoms with van der Waals surface area (Å²) in [5, 5.41) is 34.1. The van der Waals surface area contributed by atoms with E-state index in [1.807, 2.05) is 19.1 Å². The van der Waals surface area contributed by atoms with Gasteiger partial charge in [-0.25, -0.2) is 0 Å². The second-order valence-electron chi connectivity index (χ2n) is 20.0. The number of ether oxygens (including phenoxy) is 11. The summed E-state index contributed by atoms with van der Waals surface area (Å²) < 4.78 is 69.3. The van der Waals surface area contributed by atoms with Crippen LogP contribution < -0.4 is 0 Å². The SMILES string of the molecule is CC[C@H](C)[C@H]1O[C@]2(CC[C@@H]1C)C[C@@H]1C[C@@H](C/C=C(\C)[C@@H](OCCO[C@H]3C[C@H](OC)[C@@H](O[C@H]4C[C@H](OC)[C@@H](O)[C@H](C)O4)[C@H](C)O3)[C@@H](C)/C=C/C=C3\CO[C@@H]4[C@H](O)C(C)=C[C@@H](C(=O)O1)[C@]34O)O2. The molecule has 0 aromatic carbocycles. The van der Waals surface area contributed by atoms with Gasteiger partial charge in [-0.3, -0.25) is 4.79 Å². The fourth-order valence-corrected chi connectivity index (χ4v) is 11.2. The summed E-state index contributed by atoms with van der Waals surface area (Å²) in [4.78, 5) is 14.3. The Morgan fingerprint density at radius 1 is 0.908 bits per heavy atom. The predicted molar refractivity (Wildman–Crippen MR) is 238 cm³/mol. The van der Waals surface area contributed by atoms with Gasteiger partial charge in [0.05, 0.1) is 62.5 Å². The van der Waals surface area contributed by atoms with Crippen molar-refractivity contribution in [3.05, 3.63) is 47.1 Å². The van der Waals surface area contributed by atoms with E-state index in [1.165, 1.54) is 0 Å². The van der Waals surface area contributed by atoms with Gasteiger partial charge in [0.25, 0.3) is 0 Å². The van der Waals surface area contributed by atoms with Crippen LogP contribution in [0.3, 0.4) is 0 Å². The summed E-state index contributed by atoms with van der Waals surface area (Å²) in [6.45, 7) is 16.8. The average molecular weight is 919 g/mol. The van der Waals surface area contributed by atoms with Crippen LogP contribution in [0.2, 0.25) is 0 Å². The molecule has 368 valence electrons. The molecule has 15 nitrogen and oxygen atoms in total. The Bertz CT molecular complexity index is 1730. The van der Waals surface area contributed by atoms with Gasteiger partial charge < -0.3 is 67.4 Å². The number of hydrogen-bond donors (Lipinski definition) is 3. The lowest BCUT2D eigenvalue weighted by Crippen LogP contribution is -2.58. The van der Waals surface area contributed by atoms with Gasteiger partial charge in [0.2, 0.25) is 0 Å². The van der Waals surface area contributed by atoms with Crippen molar-refractivity contribution in [2.75, 3.05) is 34.0 Å². The maximum atomic E-state index is 14.3. The summed E-state index contributed by atoms with van der Waals surface area (Å²) in [6.07, 6.45) is 7.12. The number of carbonyl (C=O) groups excluding carboxylic acids is 1. The molecule has 6 heterocycles. The third kappa shape index (κ3) is 11.0. The maximum absolute atomic E-state index is 14.3. The van der Waals surface area contributed by atoms with E-state index in [1.54, 1.807) is 40.2 Å². The third-order valence-electron chi connectivity index (χ3n) is 15.3. The standard InChI is InChI=1S/C50H78O15/c1-11-27(2)45-30(5)17-18-49(65-45)25-36-22-35(64-49)16-15-29(4)44(28(3)13-12-14-34-26-59-47-42(51)31(6)21-37(48(53)62-36)50(34,47)54)58-20-19-57-40-24-39(56-10)46(33(8)61-40)63-41-23-38(55-9)43(52)32(7)60-41/h12-15,21,27-28,30,32-33,35-47,51-52,54H,11,16-20,22-26H2,1-10H3/b13-12+,29-15+,34-14+/t27-,28-,30-,32-,33-,35+,36-,37-,38-,39-,40+,41-,42+,43-,44-,45+,46-,47+,49+,50+/m0/s1. The largest absolute Gasteiger partial charge is 0.462 e. The van der Waals surface area contributed by atoms with Crippen molar-refractivity contribution in [1.82, 2.24) is 0 Å². The van der Waals surface area contributed by atoms with Gasteiger partial charge in [-0.1, -0.05) is 64.5 Å². The summed E-state index contributed by atoms with van der Waals surface area (Å²) in [6, 6.07) is 0. The maximum Gasteiger partial charge on any atom is 0.316 e. The van der Waals surface area contributed by atoms with E-state index in [0.717, 1.165) is 18.4 Å². The Morgan fingerprint density at radius 3 is 2.37 bits per heavy atom. The van der Waals surface area contributed by atoms with Gasteiger partial charge >= 0.3 is 5.97 Å². The van der Waals surface area contributed by atoms with Crippen molar-refractivity contribution >= 4 is 5.97 Å². The van der Waals surface area contributed by atoms with E-state index in [-0.39, 0.29) is 56.3 Å². The molecule has 5 saturated heterocycles. The lowest BCUT2D eigenvalue weighted by molar-refractivity contribution is -0.340. The van der Waals surface area contributed by atoms with Gasteiger partial charge in [-0.05, 0) is 69.1 Å². The monoisotopic (exact) mass is 919 g/mol. The highest BCUT2D eigenvalue weighted by atomic mass is 16.7. The quantitative estimate of drug-likeness (QED) is 0.132. The molecule has 20 atom stereocenters. The number of carbonyl (C=O) groups is 1. The molecule has 5 fully saturated rings. The van der Waals surface area contributed by atoms with E-state index in [4.69, 9.17) is 52.1 Å². The summed E-state index contributed by atoms with van der Waals surface area (Å²) >= 11 is 0. The van der Waals surface area contributed by atoms with Crippen molar-refractivity contribution in [2.24, 2.45) is 23.7 Å². The highest BCUT2D eigenvalue weighted by Gasteiger charge is 2.60. The van der Waals surface area contributed by atoms with E-state index < -0.39 is 78.6 Å². The van der Waals surface area contributed by atoms with Gasteiger partial charge in [-0.2, -0.15) is 0 Å². The molecule has 0 amide bonds. The Balaban J connectivity index is 1.08. The van der Waals surface area contributed by atoms with Crippen LogP contribution in [0.4, 0.5) is 0 Å². The number of hydrogen-bond acceptors (Lipinski definition) is 15. The van der Waals surface area contributed by atoms with Gasteiger partial charge in [0, 0.05) is 52.2 Å². The summed E-state index contributed by atoms with van der Waals surface area (Å²) in [5.41, 5.74) is 0.247. The van der Waals surface area contributed by atoms with E-state index in [0.29, 0.717) is 61.5 Å². The second-order valence-corrected chi connectivity index (χ2v) is 20.0. The minimum atomic E-state index is -1.81. The van der Waals surface area contributed by atoms with Crippen LogP contribution in [-0.4, -0.2) is 153 Å². The zero-order chi connectivity index (χ0) is 46.8. The van der Waals surface area contributed by atoms with Gasteiger partial charge in [-0.15, -0.1) is 0 Å². The fourth-order valence-electron chi connectivity index (χ4n) is 11.2. The fraction of sp³-hybridized carbons (Fsp3) is 0.820. The Labute approximate surface area is 386 Å². The molecule has 1 spiro atoms. The first-order valence-electron chi connectivity index (χ1n) is 24.2. The smallest absolute Gasteiger partial charge is 0.316 e. The van der Waals surface area contributed by atoms with Crippen LogP contribution in [0.5, 0.6) is 0 Å². The highest BCUT2D eigenvalue weighted by Crippen LogP contribution is 2.48. The normalized spacial score (nSPS) is 47.7. The minimum Gasteiger partial charge on any atom is -0.462 e. The molecule has 0 unspecified atom stereocenters. The number of fused-ring (bicyclic) bond motifs is 2. The van der Waals surface area contributed by atoms with Crippen molar-refractivity contribution in [2.45, 2.75) is 204 Å². The van der Waals surface area contributed by atoms with Crippen LogP contribution in [0.1, 0.15) is 107 Å². The van der Waals surface area contributed by atoms with Crippen LogP contribution >= 0.6 is 0 Å². The summed E-state index contributed by atoms with van der Waals surface area (Å²) in [5.74, 6) is -2.01. The molecular formula is C50H78O15. The average Bonchev–Trinajstić information content (AvgIpc) is 3.62. The van der Waals surface area contributed by atoms with E-state index in [2.05, 4.69) is 40.7 Å². The molecule has 0 aromatic heterocycles. The van der Waals surface area contributed by atoms with E-state index in [9.17, 15) is 20.1 Å². The Morgan fingerprint density at radius 2 is 1.63 bits per heavy atom. The van der Waals surface area contributed by atoms with Crippen molar-refractivity contribution in [3.8, 4) is 0 Å². The Hall–Kier alpha value is -2.09. The van der Waals surface area contributed by atoms with Gasteiger partial charge in [0.1, 0.15) is 42.0 Å². The molecule has 6 aliphatic heterocycles. The third-order valence-corrected chi connectivity index (χ3v) is 15.3. The highest BCUT2D eigenvalue weighted by molar-refractivity contribution is 5.78. The number of rotatable bonds is 11. The molecule has 7 rings (SSSR count). The minimum absolute atomic E-state index is 0.000614. The molecule has 15 heteroatoms. The number of aliphatic hydroxyl groups is 3. The first-order chi connectivity index (χ1) is 31.0. The van der Waals surface area contributed by atoms with Crippen molar-refractivity contribution in [3.63, 3.8) is 0 Å². The van der Waals surface area contributed by atoms with Crippen LogP contribution in [0, 0.1) is 23.7 Å². The topological polar surface area (TPSA) is 179 Å². The van der Waals surface area contributed by atoms with Crippen LogP contribution in [-0.2, 0) is 56.9 Å². The molecule has 7 aliphatic rings. The Kier molecular flexibility index (Phi) is 16.9. The first kappa shape index (κ1) is 50.8. The van der Waals surface area contributed by atoms with Crippen molar-refractivity contribution in [1.29, 1.82) is 0 Å². The lowest BCUT2D eigenvalue weighted by atomic mass is 9.71. The number of methoxy groups -OCH3 is 2. The van der Waals surface area contributed by atoms with Crippen LogP contribution in [0.25, 0.3) is 0 Å². The number of esters is 1.